The fourth-order valence-electron chi connectivity index (χ4n) is 1.65. The lowest BCUT2D eigenvalue weighted by atomic mass is 9.83. The van der Waals surface area contributed by atoms with Gasteiger partial charge in [0.05, 0.1) is 0 Å². The molecule has 0 rings (SSSR count). The van der Waals surface area contributed by atoms with Gasteiger partial charge in [-0.3, -0.25) is 0 Å². The molecule has 1 nitrogen and oxygen atoms in total. The summed E-state index contributed by atoms with van der Waals surface area (Å²) in [5.74, 6) is 2.27. The average molecular weight is 169 g/mol. The molecule has 0 spiro atoms. The highest BCUT2D eigenvalue weighted by Gasteiger charge is 2.15. The first-order chi connectivity index (χ1) is 5.61. The lowest BCUT2D eigenvalue weighted by Gasteiger charge is -2.22. The van der Waals surface area contributed by atoms with Gasteiger partial charge in [-0.15, -0.1) is 0 Å². The van der Waals surface area contributed by atoms with E-state index in [0.717, 1.165) is 24.2 Å². The highest BCUT2D eigenvalue weighted by atomic mass is 14.3. The zero-order valence-electron chi connectivity index (χ0n) is 8.93. The first kappa shape index (κ1) is 11.7. The molecule has 0 saturated carbocycles. The lowest BCUT2D eigenvalue weighted by molar-refractivity contribution is 0.302. The summed E-state index contributed by atoms with van der Waals surface area (Å²) in [6.07, 6.45) is 5.04. The molecule has 0 aliphatic rings. The van der Waals surface area contributed by atoms with Gasteiger partial charge in [-0.05, 0) is 36.8 Å². The number of nitrogens with one attached hydrogen (secondary N) is 1. The minimum absolute atomic E-state index is 0.729. The Bertz CT molecular complexity index is 118. The van der Waals surface area contributed by atoms with Crippen LogP contribution in [0.3, 0.4) is 0 Å². The van der Waals surface area contributed by atoms with Gasteiger partial charge in [0, 0.05) is 0 Å². The molecule has 0 amide bonds. The van der Waals surface area contributed by atoms with Crippen LogP contribution in [0.2, 0.25) is 0 Å². The normalized spacial score (nSPS) is 16.1. The Morgan fingerprint density at radius 2 is 1.83 bits per heavy atom. The van der Waals surface area contributed by atoms with Crippen LogP contribution >= 0.6 is 0 Å². The van der Waals surface area contributed by atoms with Crippen LogP contribution in [0.25, 0.3) is 0 Å². The first-order valence-corrected chi connectivity index (χ1v) is 5.10. The van der Waals surface area contributed by atoms with Crippen molar-refractivity contribution in [1.82, 2.24) is 0 Å². The molecule has 2 unspecified atom stereocenters. The monoisotopic (exact) mass is 169 g/mol. The maximum atomic E-state index is 7.12. The number of hydrogen-bond acceptors (Lipinski definition) is 1. The van der Waals surface area contributed by atoms with E-state index in [-0.39, 0.29) is 0 Å². The smallest absolute Gasteiger partial charge is 0.00449 e. The maximum absolute atomic E-state index is 7.12. The minimum Gasteiger partial charge on any atom is -0.313 e. The van der Waals surface area contributed by atoms with Crippen molar-refractivity contribution < 1.29 is 0 Å². The molecular weight excluding hydrogens is 146 g/mol. The standard InChI is InChI=1S/C11H23N/c1-5-10(4)11(6-7-12)8-9(2)3/h7,9-12H,5-6,8H2,1-4H3. The quantitative estimate of drug-likeness (QED) is 0.586. The van der Waals surface area contributed by atoms with Crippen molar-refractivity contribution >= 4 is 6.21 Å². The molecule has 12 heavy (non-hydrogen) atoms. The van der Waals surface area contributed by atoms with E-state index in [1.807, 2.05) is 0 Å². The van der Waals surface area contributed by atoms with E-state index in [9.17, 15) is 0 Å². The summed E-state index contributed by atoms with van der Waals surface area (Å²) in [4.78, 5) is 0. The van der Waals surface area contributed by atoms with E-state index in [1.54, 1.807) is 6.21 Å². The van der Waals surface area contributed by atoms with Gasteiger partial charge >= 0.3 is 0 Å². The van der Waals surface area contributed by atoms with E-state index in [2.05, 4.69) is 27.7 Å². The Hall–Kier alpha value is -0.330. The molecule has 0 aliphatic carbocycles. The van der Waals surface area contributed by atoms with Gasteiger partial charge in [0.1, 0.15) is 0 Å². The van der Waals surface area contributed by atoms with E-state index < -0.39 is 0 Å². The predicted octanol–water partition coefficient (Wildman–Crippen LogP) is 3.73. The van der Waals surface area contributed by atoms with Gasteiger partial charge in [-0.25, -0.2) is 0 Å². The Kier molecular flexibility index (Phi) is 6.04. The molecule has 0 aromatic rings. The summed E-state index contributed by atoms with van der Waals surface area (Å²) < 4.78 is 0. The van der Waals surface area contributed by atoms with Crippen LogP contribution in [0, 0.1) is 23.2 Å². The van der Waals surface area contributed by atoms with Crippen LogP contribution < -0.4 is 0 Å². The highest BCUT2D eigenvalue weighted by molar-refractivity contribution is 5.53. The Morgan fingerprint density at radius 3 is 2.17 bits per heavy atom. The molecule has 1 N–H and O–H groups in total. The second-order valence-corrected chi connectivity index (χ2v) is 4.21. The second-order valence-electron chi connectivity index (χ2n) is 4.21. The van der Waals surface area contributed by atoms with E-state index in [0.29, 0.717) is 0 Å². The van der Waals surface area contributed by atoms with Crippen LogP contribution in [0.4, 0.5) is 0 Å². The van der Waals surface area contributed by atoms with Crippen molar-refractivity contribution in [2.45, 2.75) is 47.0 Å². The van der Waals surface area contributed by atoms with Gasteiger partial charge in [0.2, 0.25) is 0 Å². The van der Waals surface area contributed by atoms with Crippen molar-refractivity contribution in [3.63, 3.8) is 0 Å². The summed E-state index contributed by atoms with van der Waals surface area (Å²) >= 11 is 0. The molecule has 72 valence electrons. The summed E-state index contributed by atoms with van der Waals surface area (Å²) in [6.45, 7) is 9.07. The summed E-state index contributed by atoms with van der Waals surface area (Å²) in [6, 6.07) is 0. The van der Waals surface area contributed by atoms with E-state index >= 15 is 0 Å². The summed E-state index contributed by atoms with van der Waals surface area (Å²) in [5, 5.41) is 7.12. The lowest BCUT2D eigenvalue weighted by Crippen LogP contribution is -2.14. The Balaban J connectivity index is 3.92. The second kappa shape index (κ2) is 6.22. The largest absolute Gasteiger partial charge is 0.313 e. The molecule has 0 aromatic heterocycles. The third-order valence-electron chi connectivity index (χ3n) is 2.64. The van der Waals surface area contributed by atoms with Crippen molar-refractivity contribution in [3.8, 4) is 0 Å². The van der Waals surface area contributed by atoms with Gasteiger partial charge in [-0.2, -0.15) is 0 Å². The molecule has 0 heterocycles. The zero-order chi connectivity index (χ0) is 9.56. The van der Waals surface area contributed by atoms with Gasteiger partial charge in [0.15, 0.2) is 0 Å². The van der Waals surface area contributed by atoms with Crippen molar-refractivity contribution in [3.05, 3.63) is 0 Å². The molecule has 0 saturated heterocycles. The zero-order valence-corrected chi connectivity index (χ0v) is 8.93. The molecule has 1 heteroatoms. The number of rotatable bonds is 6. The third kappa shape index (κ3) is 4.53. The topological polar surface area (TPSA) is 23.9 Å². The summed E-state index contributed by atoms with van der Waals surface area (Å²) in [7, 11) is 0. The minimum atomic E-state index is 0.729. The van der Waals surface area contributed by atoms with Crippen molar-refractivity contribution in [1.29, 1.82) is 5.41 Å². The van der Waals surface area contributed by atoms with Crippen LogP contribution in [0.1, 0.15) is 47.0 Å². The van der Waals surface area contributed by atoms with Gasteiger partial charge in [0.25, 0.3) is 0 Å². The highest BCUT2D eigenvalue weighted by Crippen LogP contribution is 2.24. The number of hydrogen-bond donors (Lipinski definition) is 1. The third-order valence-corrected chi connectivity index (χ3v) is 2.64. The van der Waals surface area contributed by atoms with Crippen LogP contribution in [-0.4, -0.2) is 6.21 Å². The van der Waals surface area contributed by atoms with Crippen LogP contribution in [-0.2, 0) is 0 Å². The maximum Gasteiger partial charge on any atom is -0.00449 e. The Morgan fingerprint density at radius 1 is 1.25 bits per heavy atom. The molecule has 0 fully saturated rings. The predicted molar refractivity (Wildman–Crippen MR) is 55.8 cm³/mol. The molecule has 2 atom stereocenters. The Labute approximate surface area is 77.1 Å². The first-order valence-electron chi connectivity index (χ1n) is 5.10. The molecule has 0 radical (unpaired) electrons. The van der Waals surface area contributed by atoms with Gasteiger partial charge < -0.3 is 5.41 Å². The van der Waals surface area contributed by atoms with Crippen molar-refractivity contribution in [2.75, 3.05) is 0 Å². The molecule has 0 bridgehead atoms. The SMILES string of the molecule is CCC(C)C(CC=N)CC(C)C. The molecule has 0 aromatic carbocycles. The van der Waals surface area contributed by atoms with Crippen molar-refractivity contribution in [2.24, 2.45) is 17.8 Å². The van der Waals surface area contributed by atoms with Gasteiger partial charge in [-0.1, -0.05) is 34.1 Å². The molecular formula is C11H23N. The fourth-order valence-corrected chi connectivity index (χ4v) is 1.65. The summed E-state index contributed by atoms with van der Waals surface area (Å²) in [5.41, 5.74) is 0. The van der Waals surface area contributed by atoms with E-state index in [1.165, 1.54) is 12.8 Å². The van der Waals surface area contributed by atoms with Crippen LogP contribution in [0.15, 0.2) is 0 Å². The fraction of sp³-hybridized carbons (Fsp3) is 0.909. The van der Waals surface area contributed by atoms with Crippen LogP contribution in [0.5, 0.6) is 0 Å². The van der Waals surface area contributed by atoms with E-state index in [4.69, 9.17) is 5.41 Å². The average Bonchev–Trinajstić information content (AvgIpc) is 2.01. The molecule has 0 aliphatic heterocycles.